The van der Waals surface area contributed by atoms with Crippen LogP contribution in [0.3, 0.4) is 0 Å². The van der Waals surface area contributed by atoms with E-state index in [1.807, 2.05) is 18.2 Å². The molecule has 25 heavy (non-hydrogen) atoms. The fourth-order valence-corrected chi connectivity index (χ4v) is 2.53. The number of hydrogen-bond donors (Lipinski definition) is 1. The van der Waals surface area contributed by atoms with E-state index in [-0.39, 0.29) is 19.1 Å². The number of nitrogens with zero attached hydrogens (tertiary/aromatic N) is 1. The van der Waals surface area contributed by atoms with Crippen LogP contribution in [0.1, 0.15) is 0 Å². The monoisotopic (exact) mass is 360 g/mol. The van der Waals surface area contributed by atoms with Crippen molar-refractivity contribution in [2.75, 3.05) is 24.6 Å². The maximum Gasteiger partial charge on any atom is 0.414 e. The van der Waals surface area contributed by atoms with Gasteiger partial charge in [-0.15, -0.1) is 0 Å². The first-order valence-corrected chi connectivity index (χ1v) is 8.18. The summed E-state index contributed by atoms with van der Waals surface area (Å²) in [6.45, 7) is 0.499. The second-order valence-electron chi connectivity index (χ2n) is 5.50. The van der Waals surface area contributed by atoms with Gasteiger partial charge in [-0.1, -0.05) is 29.8 Å². The maximum absolute atomic E-state index is 12.0. The first-order valence-electron chi connectivity index (χ1n) is 7.80. The van der Waals surface area contributed by atoms with Crippen molar-refractivity contribution in [1.29, 1.82) is 0 Å². The number of rotatable bonds is 6. The van der Waals surface area contributed by atoms with Crippen LogP contribution in [-0.4, -0.2) is 37.8 Å². The van der Waals surface area contributed by atoms with E-state index >= 15 is 0 Å². The van der Waals surface area contributed by atoms with E-state index in [2.05, 4.69) is 5.32 Å². The zero-order valence-corrected chi connectivity index (χ0v) is 14.1. The Labute approximate surface area is 150 Å². The fourth-order valence-electron chi connectivity index (χ4n) is 2.40. The first kappa shape index (κ1) is 17.1. The highest BCUT2D eigenvalue weighted by molar-refractivity contribution is 6.30. The average Bonchev–Trinajstić information content (AvgIpc) is 3.00. The molecule has 3 rings (SSSR count). The van der Waals surface area contributed by atoms with Crippen molar-refractivity contribution in [2.45, 2.75) is 6.10 Å². The molecule has 1 heterocycles. The van der Waals surface area contributed by atoms with Gasteiger partial charge in [0.2, 0.25) is 0 Å². The SMILES string of the molecule is O=C(COc1ccccc1)NCC1CN(c2ccc(Cl)cc2)C(=O)O1. The predicted octanol–water partition coefficient (Wildman–Crippen LogP) is 2.86. The highest BCUT2D eigenvalue weighted by atomic mass is 35.5. The summed E-state index contributed by atoms with van der Waals surface area (Å²) in [6, 6.07) is 16.0. The molecule has 2 aromatic carbocycles. The second-order valence-corrected chi connectivity index (χ2v) is 5.94. The van der Waals surface area contributed by atoms with E-state index in [9.17, 15) is 9.59 Å². The van der Waals surface area contributed by atoms with Crippen LogP contribution in [-0.2, 0) is 9.53 Å². The Morgan fingerprint density at radius 1 is 1.20 bits per heavy atom. The Bertz CT molecular complexity index is 737. The van der Waals surface area contributed by atoms with Gasteiger partial charge in [0.15, 0.2) is 6.61 Å². The number of ether oxygens (including phenoxy) is 2. The quantitative estimate of drug-likeness (QED) is 0.860. The molecule has 7 heteroatoms. The van der Waals surface area contributed by atoms with E-state index in [0.717, 1.165) is 0 Å². The van der Waals surface area contributed by atoms with Crippen LogP contribution in [0.2, 0.25) is 5.02 Å². The Balaban J connectivity index is 1.45. The minimum atomic E-state index is -0.442. The minimum absolute atomic E-state index is 0.0917. The van der Waals surface area contributed by atoms with Gasteiger partial charge in [0.25, 0.3) is 5.91 Å². The van der Waals surface area contributed by atoms with Gasteiger partial charge in [0.1, 0.15) is 11.9 Å². The molecule has 1 atom stereocenters. The Morgan fingerprint density at radius 2 is 1.92 bits per heavy atom. The number of carbonyl (C=O) groups is 2. The number of anilines is 1. The molecule has 1 N–H and O–H groups in total. The molecular weight excluding hydrogens is 344 g/mol. The molecule has 2 aromatic rings. The molecule has 2 amide bonds. The lowest BCUT2D eigenvalue weighted by Gasteiger charge is -2.13. The highest BCUT2D eigenvalue weighted by Gasteiger charge is 2.32. The van der Waals surface area contributed by atoms with Gasteiger partial charge in [-0.25, -0.2) is 4.79 Å². The number of benzene rings is 2. The van der Waals surface area contributed by atoms with Crippen LogP contribution < -0.4 is 15.0 Å². The van der Waals surface area contributed by atoms with Crippen molar-refractivity contribution in [3.05, 3.63) is 59.6 Å². The van der Waals surface area contributed by atoms with Gasteiger partial charge < -0.3 is 14.8 Å². The molecule has 130 valence electrons. The van der Waals surface area contributed by atoms with Gasteiger partial charge in [-0.3, -0.25) is 9.69 Å². The van der Waals surface area contributed by atoms with Crippen molar-refractivity contribution in [1.82, 2.24) is 5.32 Å². The topological polar surface area (TPSA) is 67.9 Å². The third-order valence-corrected chi connectivity index (χ3v) is 3.90. The van der Waals surface area contributed by atoms with Crippen LogP contribution in [0, 0.1) is 0 Å². The Morgan fingerprint density at radius 3 is 2.64 bits per heavy atom. The van der Waals surface area contributed by atoms with Crippen molar-refractivity contribution in [3.8, 4) is 5.75 Å². The lowest BCUT2D eigenvalue weighted by Crippen LogP contribution is -2.37. The molecule has 0 radical (unpaired) electrons. The molecule has 0 bridgehead atoms. The normalized spacial score (nSPS) is 16.4. The van der Waals surface area contributed by atoms with Gasteiger partial charge in [0, 0.05) is 10.7 Å². The molecular formula is C18H17ClN2O4. The minimum Gasteiger partial charge on any atom is -0.484 e. The summed E-state index contributed by atoms with van der Waals surface area (Å²) in [5.74, 6) is 0.351. The molecule has 0 aliphatic carbocycles. The zero-order chi connectivity index (χ0) is 17.6. The van der Waals surface area contributed by atoms with Crippen LogP contribution >= 0.6 is 11.6 Å². The van der Waals surface area contributed by atoms with Crippen LogP contribution in [0.25, 0.3) is 0 Å². The van der Waals surface area contributed by atoms with E-state index in [1.165, 1.54) is 4.90 Å². The number of halogens is 1. The molecule has 1 aliphatic heterocycles. The molecule has 1 saturated heterocycles. The number of nitrogens with one attached hydrogen (secondary N) is 1. The third-order valence-electron chi connectivity index (χ3n) is 3.65. The zero-order valence-electron chi connectivity index (χ0n) is 13.4. The van der Waals surface area contributed by atoms with Gasteiger partial charge >= 0.3 is 6.09 Å². The molecule has 1 aliphatic rings. The van der Waals surface area contributed by atoms with Crippen molar-refractivity contribution < 1.29 is 19.1 Å². The summed E-state index contributed by atoms with van der Waals surface area (Å²) in [7, 11) is 0. The summed E-state index contributed by atoms with van der Waals surface area (Å²) in [5.41, 5.74) is 0.704. The van der Waals surface area contributed by atoms with E-state index in [1.54, 1.807) is 36.4 Å². The summed E-state index contributed by atoms with van der Waals surface area (Å²) >= 11 is 5.85. The fraction of sp³-hybridized carbons (Fsp3) is 0.222. The molecule has 0 spiro atoms. The predicted molar refractivity (Wildman–Crippen MR) is 94.0 cm³/mol. The Hall–Kier alpha value is -2.73. The van der Waals surface area contributed by atoms with Crippen molar-refractivity contribution in [3.63, 3.8) is 0 Å². The average molecular weight is 361 g/mol. The van der Waals surface area contributed by atoms with Crippen LogP contribution in [0.15, 0.2) is 54.6 Å². The largest absolute Gasteiger partial charge is 0.484 e. The summed E-state index contributed by atoms with van der Waals surface area (Å²) in [4.78, 5) is 25.3. The van der Waals surface area contributed by atoms with Gasteiger partial charge in [-0.05, 0) is 36.4 Å². The van der Waals surface area contributed by atoms with Crippen molar-refractivity contribution >= 4 is 29.3 Å². The van der Waals surface area contributed by atoms with Crippen molar-refractivity contribution in [2.24, 2.45) is 0 Å². The number of carbonyl (C=O) groups excluding carboxylic acids is 2. The second kappa shape index (κ2) is 7.90. The molecule has 0 saturated carbocycles. The third kappa shape index (κ3) is 4.64. The number of cyclic esters (lactones) is 1. The summed E-state index contributed by atoms with van der Waals surface area (Å²) in [5, 5.41) is 3.30. The Kier molecular flexibility index (Phi) is 5.40. The summed E-state index contributed by atoms with van der Waals surface area (Å²) in [6.07, 6.45) is -0.856. The lowest BCUT2D eigenvalue weighted by atomic mass is 10.2. The standard InChI is InChI=1S/C18H17ClN2O4/c19-13-6-8-14(9-7-13)21-11-16(25-18(21)23)10-20-17(22)12-24-15-4-2-1-3-5-15/h1-9,16H,10-12H2,(H,20,22). The molecule has 6 nitrogen and oxygen atoms in total. The van der Waals surface area contributed by atoms with Crippen LogP contribution in [0.4, 0.5) is 10.5 Å². The molecule has 1 unspecified atom stereocenters. The number of hydrogen-bond acceptors (Lipinski definition) is 4. The van der Waals surface area contributed by atoms with E-state index < -0.39 is 12.2 Å². The first-order chi connectivity index (χ1) is 12.1. The number of para-hydroxylation sites is 1. The van der Waals surface area contributed by atoms with E-state index in [4.69, 9.17) is 21.1 Å². The molecule has 0 aromatic heterocycles. The van der Waals surface area contributed by atoms with E-state index in [0.29, 0.717) is 23.0 Å². The highest BCUT2D eigenvalue weighted by Crippen LogP contribution is 2.23. The molecule has 1 fully saturated rings. The lowest BCUT2D eigenvalue weighted by molar-refractivity contribution is -0.123. The van der Waals surface area contributed by atoms with Gasteiger partial charge in [0.05, 0.1) is 13.1 Å². The van der Waals surface area contributed by atoms with Crippen LogP contribution in [0.5, 0.6) is 5.75 Å². The van der Waals surface area contributed by atoms with Gasteiger partial charge in [-0.2, -0.15) is 0 Å². The summed E-state index contributed by atoms with van der Waals surface area (Å²) < 4.78 is 10.6. The smallest absolute Gasteiger partial charge is 0.414 e. The maximum atomic E-state index is 12.0. The number of amides is 2.